The topological polar surface area (TPSA) is 57.8 Å². The average molecular weight is 287 g/mol. The van der Waals surface area contributed by atoms with E-state index in [1.165, 1.54) is 30.5 Å². The van der Waals surface area contributed by atoms with Crippen molar-refractivity contribution >= 4 is 23.5 Å². The molecule has 0 aliphatic carbocycles. The summed E-state index contributed by atoms with van der Waals surface area (Å²) in [6.45, 7) is 0. The number of anilines is 1. The first-order chi connectivity index (χ1) is 8.94. The lowest BCUT2D eigenvalue weighted by Gasteiger charge is -2.06. The number of carbonyl (C=O) groups is 1. The van der Waals surface area contributed by atoms with E-state index < -0.39 is 11.4 Å². The Balaban J connectivity index is 2.04. The van der Waals surface area contributed by atoms with E-state index in [4.69, 9.17) is 0 Å². The highest BCUT2D eigenvalue weighted by Gasteiger charge is 2.29. The minimum atomic E-state index is -4.33. The molecule has 1 aromatic carbocycles. The number of amides is 1. The van der Waals surface area contributed by atoms with Crippen LogP contribution in [0.2, 0.25) is 0 Å². The van der Waals surface area contributed by atoms with E-state index in [-0.39, 0.29) is 22.2 Å². The molecule has 0 fully saturated rings. The predicted molar refractivity (Wildman–Crippen MR) is 64.9 cm³/mol. The molecule has 0 bridgehead atoms. The highest BCUT2D eigenvalue weighted by Crippen LogP contribution is 2.36. The number of thioether (sulfide) groups is 1. The van der Waals surface area contributed by atoms with Crippen LogP contribution < -0.4 is 5.32 Å². The van der Waals surface area contributed by atoms with Gasteiger partial charge in [0.25, 0.3) is 5.91 Å². The summed E-state index contributed by atoms with van der Waals surface area (Å²) >= 11 is -0.221. The van der Waals surface area contributed by atoms with Gasteiger partial charge in [0.05, 0.1) is 6.20 Å². The fraction of sp³-hybridized carbons (Fsp3) is 0.0909. The second-order valence-corrected chi connectivity index (χ2v) is 4.64. The summed E-state index contributed by atoms with van der Waals surface area (Å²) in [6.07, 6.45) is 1.47. The van der Waals surface area contributed by atoms with Crippen LogP contribution in [0.5, 0.6) is 0 Å². The molecule has 2 N–H and O–H groups in total. The Hall–Kier alpha value is -1.96. The number of alkyl halides is 3. The Morgan fingerprint density at radius 1 is 1.21 bits per heavy atom. The molecule has 0 aliphatic rings. The molecule has 2 rings (SSSR count). The fourth-order valence-electron chi connectivity index (χ4n) is 1.33. The third-order valence-corrected chi connectivity index (χ3v) is 2.84. The predicted octanol–water partition coefficient (Wildman–Crippen LogP) is 3.27. The number of nitrogens with zero attached hydrogens (tertiary/aromatic N) is 1. The van der Waals surface area contributed by atoms with Gasteiger partial charge in [0.1, 0.15) is 5.82 Å². The molecular weight excluding hydrogens is 279 g/mol. The number of H-pyrrole nitrogens is 1. The van der Waals surface area contributed by atoms with Crippen molar-refractivity contribution in [3.05, 3.63) is 42.1 Å². The molecule has 0 radical (unpaired) electrons. The summed E-state index contributed by atoms with van der Waals surface area (Å²) in [5, 5.41) is 8.72. The molecule has 0 spiro atoms. The molecule has 4 nitrogen and oxygen atoms in total. The van der Waals surface area contributed by atoms with Gasteiger partial charge in [-0.15, -0.1) is 0 Å². The Morgan fingerprint density at radius 2 is 1.89 bits per heavy atom. The zero-order chi connectivity index (χ0) is 13.9. The molecule has 0 aliphatic heterocycles. The van der Waals surface area contributed by atoms with Crippen LogP contribution in [0.1, 0.15) is 10.4 Å². The van der Waals surface area contributed by atoms with E-state index in [1.54, 1.807) is 6.07 Å². The van der Waals surface area contributed by atoms with E-state index in [9.17, 15) is 18.0 Å². The number of carbonyl (C=O) groups excluding carboxylic acids is 1. The van der Waals surface area contributed by atoms with Gasteiger partial charge >= 0.3 is 5.51 Å². The highest BCUT2D eigenvalue weighted by atomic mass is 32.2. The molecule has 8 heteroatoms. The van der Waals surface area contributed by atoms with Crippen molar-refractivity contribution in [2.24, 2.45) is 0 Å². The maximum absolute atomic E-state index is 12.1. The molecule has 1 aromatic heterocycles. The van der Waals surface area contributed by atoms with E-state index in [0.29, 0.717) is 5.82 Å². The SMILES string of the molecule is O=C(Nc1ccn[nH]1)c1ccc(SC(F)(F)F)cc1. The maximum atomic E-state index is 12.1. The number of halogens is 3. The number of hydrogen-bond acceptors (Lipinski definition) is 3. The first kappa shape index (κ1) is 13.5. The number of aromatic amines is 1. The monoisotopic (exact) mass is 287 g/mol. The minimum Gasteiger partial charge on any atom is -0.307 e. The van der Waals surface area contributed by atoms with Gasteiger partial charge in [-0.05, 0) is 36.0 Å². The lowest BCUT2D eigenvalue weighted by molar-refractivity contribution is -0.0328. The molecule has 100 valence electrons. The maximum Gasteiger partial charge on any atom is 0.446 e. The largest absolute Gasteiger partial charge is 0.446 e. The van der Waals surface area contributed by atoms with Gasteiger partial charge < -0.3 is 5.32 Å². The van der Waals surface area contributed by atoms with Crippen LogP contribution in [0.25, 0.3) is 0 Å². The van der Waals surface area contributed by atoms with Gasteiger partial charge in [0, 0.05) is 16.5 Å². The van der Waals surface area contributed by atoms with Gasteiger partial charge in [-0.25, -0.2) is 0 Å². The summed E-state index contributed by atoms with van der Waals surface area (Å²) in [5.74, 6) is -0.00782. The van der Waals surface area contributed by atoms with Gasteiger partial charge in [-0.2, -0.15) is 18.3 Å². The lowest BCUT2D eigenvalue weighted by atomic mass is 10.2. The number of aromatic nitrogens is 2. The molecule has 19 heavy (non-hydrogen) atoms. The lowest BCUT2D eigenvalue weighted by Crippen LogP contribution is -2.12. The number of benzene rings is 1. The summed E-state index contributed by atoms with van der Waals surface area (Å²) < 4.78 is 36.4. The van der Waals surface area contributed by atoms with Crippen LogP contribution in [-0.4, -0.2) is 21.6 Å². The van der Waals surface area contributed by atoms with Crippen molar-refractivity contribution in [1.82, 2.24) is 10.2 Å². The van der Waals surface area contributed by atoms with Crippen LogP contribution in [0.15, 0.2) is 41.4 Å². The Labute approximate surface area is 110 Å². The molecule has 2 aromatic rings. The summed E-state index contributed by atoms with van der Waals surface area (Å²) in [4.78, 5) is 11.8. The van der Waals surface area contributed by atoms with Gasteiger partial charge in [-0.1, -0.05) is 0 Å². The van der Waals surface area contributed by atoms with Crippen LogP contribution in [0, 0.1) is 0 Å². The molecule has 1 heterocycles. The van der Waals surface area contributed by atoms with Crippen molar-refractivity contribution < 1.29 is 18.0 Å². The van der Waals surface area contributed by atoms with Gasteiger partial charge in [0.2, 0.25) is 0 Å². The molecule has 0 unspecified atom stereocenters. The van der Waals surface area contributed by atoms with E-state index in [1.807, 2.05) is 0 Å². The summed E-state index contributed by atoms with van der Waals surface area (Å²) in [5.41, 5.74) is -4.07. The van der Waals surface area contributed by atoms with Crippen LogP contribution >= 0.6 is 11.8 Å². The molecule has 0 saturated carbocycles. The second kappa shape index (κ2) is 5.35. The minimum absolute atomic E-state index is 0.0330. The smallest absolute Gasteiger partial charge is 0.307 e. The van der Waals surface area contributed by atoms with Crippen molar-refractivity contribution in [3.8, 4) is 0 Å². The third-order valence-electron chi connectivity index (χ3n) is 2.10. The average Bonchev–Trinajstić information content (AvgIpc) is 2.80. The number of hydrogen-bond donors (Lipinski definition) is 2. The zero-order valence-corrected chi connectivity index (χ0v) is 10.2. The second-order valence-electron chi connectivity index (χ2n) is 3.50. The quantitative estimate of drug-likeness (QED) is 0.852. The first-order valence-corrected chi connectivity index (χ1v) is 5.92. The Morgan fingerprint density at radius 3 is 2.42 bits per heavy atom. The Bertz CT molecular complexity index is 552. The summed E-state index contributed by atoms with van der Waals surface area (Å²) in [6, 6.07) is 6.73. The number of rotatable bonds is 3. The van der Waals surface area contributed by atoms with Crippen LogP contribution in [0.4, 0.5) is 19.0 Å². The van der Waals surface area contributed by atoms with Crippen molar-refractivity contribution in [2.45, 2.75) is 10.4 Å². The number of nitrogens with one attached hydrogen (secondary N) is 2. The fourth-order valence-corrected chi connectivity index (χ4v) is 1.87. The molecule has 0 atom stereocenters. The van der Waals surface area contributed by atoms with Crippen molar-refractivity contribution in [3.63, 3.8) is 0 Å². The van der Waals surface area contributed by atoms with Crippen LogP contribution in [-0.2, 0) is 0 Å². The third kappa shape index (κ3) is 4.02. The van der Waals surface area contributed by atoms with E-state index >= 15 is 0 Å². The molecule has 0 saturated heterocycles. The van der Waals surface area contributed by atoms with E-state index in [2.05, 4.69) is 15.5 Å². The zero-order valence-electron chi connectivity index (χ0n) is 9.36. The van der Waals surface area contributed by atoms with Crippen molar-refractivity contribution in [2.75, 3.05) is 5.32 Å². The molecule has 1 amide bonds. The first-order valence-electron chi connectivity index (χ1n) is 5.10. The standard InChI is InChI=1S/C11H8F3N3OS/c12-11(13,14)19-8-3-1-7(2-4-8)10(18)16-9-5-6-15-17-9/h1-6H,(H2,15,16,17,18). The van der Waals surface area contributed by atoms with Gasteiger partial charge in [0.15, 0.2) is 0 Å². The summed E-state index contributed by atoms with van der Waals surface area (Å²) in [7, 11) is 0. The Kier molecular flexibility index (Phi) is 3.79. The van der Waals surface area contributed by atoms with E-state index in [0.717, 1.165) is 0 Å². The van der Waals surface area contributed by atoms with Crippen molar-refractivity contribution in [1.29, 1.82) is 0 Å². The van der Waals surface area contributed by atoms with Gasteiger partial charge in [-0.3, -0.25) is 9.89 Å². The van der Waals surface area contributed by atoms with Crippen LogP contribution in [0.3, 0.4) is 0 Å². The highest BCUT2D eigenvalue weighted by molar-refractivity contribution is 8.00. The molecular formula is C11H8F3N3OS. The normalized spacial score (nSPS) is 11.3.